The van der Waals surface area contributed by atoms with Crippen molar-refractivity contribution < 1.29 is 14.6 Å². The van der Waals surface area contributed by atoms with Crippen molar-refractivity contribution in [3.05, 3.63) is 41.5 Å². The molecule has 1 saturated carbocycles. The van der Waals surface area contributed by atoms with Gasteiger partial charge < -0.3 is 31.9 Å². The zero-order chi connectivity index (χ0) is 21.5. The maximum absolute atomic E-state index is 12.0. The topological polar surface area (TPSA) is 159 Å². The molecule has 0 aliphatic heterocycles. The average molecular weight is 410 g/mol. The summed E-state index contributed by atoms with van der Waals surface area (Å²) in [7, 11) is 0. The lowest BCUT2D eigenvalue weighted by Crippen LogP contribution is -2.43. The van der Waals surface area contributed by atoms with Crippen LogP contribution in [0, 0.1) is 11.3 Å². The minimum absolute atomic E-state index is 0.000776. The van der Waals surface area contributed by atoms with Gasteiger partial charge in [0.15, 0.2) is 0 Å². The Morgan fingerprint density at radius 2 is 2.10 bits per heavy atom. The number of primary amides is 1. The van der Waals surface area contributed by atoms with Gasteiger partial charge in [-0.15, -0.1) is 0 Å². The van der Waals surface area contributed by atoms with Crippen molar-refractivity contribution in [3.8, 4) is 11.8 Å². The van der Waals surface area contributed by atoms with E-state index < -0.39 is 5.91 Å². The van der Waals surface area contributed by atoms with E-state index in [-0.39, 0.29) is 42.2 Å². The van der Waals surface area contributed by atoms with Gasteiger partial charge in [-0.2, -0.15) is 5.26 Å². The van der Waals surface area contributed by atoms with Crippen molar-refractivity contribution in [1.29, 1.82) is 5.26 Å². The summed E-state index contributed by atoms with van der Waals surface area (Å²) in [6, 6.07) is 10.5. The van der Waals surface area contributed by atoms with Gasteiger partial charge in [-0.3, -0.25) is 4.79 Å². The second-order valence-corrected chi connectivity index (χ2v) is 7.18. The van der Waals surface area contributed by atoms with Crippen LogP contribution in [0.3, 0.4) is 0 Å². The average Bonchev–Trinajstić information content (AvgIpc) is 2.74. The Bertz CT molecular complexity index is 943. The molecule has 1 amide bonds. The highest BCUT2D eigenvalue weighted by Crippen LogP contribution is 2.28. The van der Waals surface area contributed by atoms with Crippen LogP contribution in [0.2, 0.25) is 0 Å². The van der Waals surface area contributed by atoms with Crippen LogP contribution in [0.25, 0.3) is 0 Å². The molecule has 1 aliphatic rings. The summed E-state index contributed by atoms with van der Waals surface area (Å²) in [5.74, 6) is 0.442. The molecule has 2 aromatic rings. The number of anilines is 3. The molecule has 9 heteroatoms. The number of pyridine rings is 1. The quantitative estimate of drug-likeness (QED) is 0.441. The van der Waals surface area contributed by atoms with Gasteiger partial charge in [0.05, 0.1) is 17.7 Å². The van der Waals surface area contributed by atoms with Crippen molar-refractivity contribution in [2.75, 3.05) is 23.8 Å². The first kappa shape index (κ1) is 21.4. The zero-order valence-electron chi connectivity index (χ0n) is 16.6. The van der Waals surface area contributed by atoms with E-state index in [0.717, 1.165) is 25.7 Å². The summed E-state index contributed by atoms with van der Waals surface area (Å²) >= 11 is 0. The highest BCUT2D eigenvalue weighted by molar-refractivity contribution is 5.99. The molecule has 0 saturated heterocycles. The number of hydrogen-bond donors (Lipinski definition) is 5. The second-order valence-electron chi connectivity index (χ2n) is 7.18. The number of ether oxygens (including phenoxy) is 1. The lowest BCUT2D eigenvalue weighted by Gasteiger charge is -2.30. The predicted octanol–water partition coefficient (Wildman–Crippen LogP) is 1.85. The normalized spacial score (nSPS) is 18.3. The van der Waals surface area contributed by atoms with Crippen molar-refractivity contribution in [2.24, 2.45) is 11.5 Å². The number of nitrogens with two attached hydrogens (primary N) is 2. The molecule has 0 bridgehead atoms. The third-order valence-electron chi connectivity index (χ3n) is 5.01. The fraction of sp³-hybridized carbons (Fsp3) is 0.381. The van der Waals surface area contributed by atoms with Crippen LogP contribution in [0.15, 0.2) is 30.3 Å². The molecule has 9 nitrogen and oxygen atoms in total. The molecule has 1 aliphatic carbocycles. The van der Waals surface area contributed by atoms with E-state index in [0.29, 0.717) is 17.3 Å². The SMILES string of the molecule is N#Cc1cc(C(N)=O)c(Nc2cccc(OCCO)c2)nc1N[C@@H]1CCCC[C@@H]1N. The molecule has 0 unspecified atom stereocenters. The molecule has 1 aromatic heterocycles. The predicted molar refractivity (Wildman–Crippen MR) is 114 cm³/mol. The van der Waals surface area contributed by atoms with Gasteiger partial charge >= 0.3 is 0 Å². The smallest absolute Gasteiger partial charge is 0.252 e. The minimum Gasteiger partial charge on any atom is -0.491 e. The van der Waals surface area contributed by atoms with E-state index in [2.05, 4.69) is 21.7 Å². The van der Waals surface area contributed by atoms with Crippen LogP contribution in [-0.4, -0.2) is 41.3 Å². The van der Waals surface area contributed by atoms with Gasteiger partial charge in [-0.1, -0.05) is 18.9 Å². The molecular formula is C21H26N6O3. The molecule has 0 spiro atoms. The van der Waals surface area contributed by atoms with Crippen LogP contribution in [0.5, 0.6) is 5.75 Å². The molecule has 30 heavy (non-hydrogen) atoms. The highest BCUT2D eigenvalue weighted by Gasteiger charge is 2.24. The first-order valence-corrected chi connectivity index (χ1v) is 9.89. The van der Waals surface area contributed by atoms with Crippen LogP contribution in [0.4, 0.5) is 17.3 Å². The molecule has 158 valence electrons. The summed E-state index contributed by atoms with van der Waals surface area (Å²) in [5, 5.41) is 24.8. The Kier molecular flexibility index (Phi) is 7.06. The maximum Gasteiger partial charge on any atom is 0.252 e. The van der Waals surface area contributed by atoms with E-state index in [4.69, 9.17) is 21.3 Å². The molecule has 2 atom stereocenters. The van der Waals surface area contributed by atoms with E-state index in [1.54, 1.807) is 24.3 Å². The summed E-state index contributed by atoms with van der Waals surface area (Å²) in [5.41, 5.74) is 12.7. The number of hydrogen-bond acceptors (Lipinski definition) is 8. The lowest BCUT2D eigenvalue weighted by molar-refractivity contribution is 0.100. The number of aromatic nitrogens is 1. The molecule has 1 fully saturated rings. The third-order valence-corrected chi connectivity index (χ3v) is 5.01. The number of benzene rings is 1. The molecule has 0 radical (unpaired) electrons. The van der Waals surface area contributed by atoms with Gasteiger partial charge in [0.1, 0.15) is 30.1 Å². The second kappa shape index (κ2) is 9.91. The van der Waals surface area contributed by atoms with E-state index in [9.17, 15) is 10.1 Å². The number of amides is 1. The number of carbonyl (C=O) groups excluding carboxylic acids is 1. The van der Waals surface area contributed by atoms with Gasteiger partial charge in [-0.25, -0.2) is 4.98 Å². The first-order valence-electron chi connectivity index (χ1n) is 9.89. The monoisotopic (exact) mass is 410 g/mol. The maximum atomic E-state index is 12.0. The Morgan fingerprint density at radius 3 is 2.80 bits per heavy atom. The Labute approximate surface area is 175 Å². The minimum atomic E-state index is -0.699. The fourth-order valence-corrected chi connectivity index (χ4v) is 3.47. The lowest BCUT2D eigenvalue weighted by atomic mass is 9.91. The van der Waals surface area contributed by atoms with Crippen LogP contribution in [-0.2, 0) is 0 Å². The highest BCUT2D eigenvalue weighted by atomic mass is 16.5. The van der Waals surface area contributed by atoms with Gasteiger partial charge in [0.25, 0.3) is 5.91 Å². The van der Waals surface area contributed by atoms with E-state index >= 15 is 0 Å². The standard InChI is InChI=1S/C21H26N6O3/c22-12-13-10-16(19(24)29)21(25-14-4-3-5-15(11-14)30-9-8-28)27-20(13)26-18-7-2-1-6-17(18)23/h3-5,10-11,17-18,28H,1-2,6-9,23H2,(H2,24,29)(H2,25,26,27)/t17-,18+/m0/s1. The third kappa shape index (κ3) is 5.17. The Hall–Kier alpha value is -3.35. The van der Waals surface area contributed by atoms with Crippen molar-refractivity contribution >= 4 is 23.2 Å². The van der Waals surface area contributed by atoms with Gasteiger partial charge in [0, 0.05) is 23.8 Å². The summed E-state index contributed by atoms with van der Waals surface area (Å²) in [6.07, 6.45) is 3.93. The number of aliphatic hydroxyl groups is 1. The van der Waals surface area contributed by atoms with Crippen LogP contribution in [0.1, 0.15) is 41.6 Å². The van der Waals surface area contributed by atoms with E-state index in [1.165, 1.54) is 6.07 Å². The Morgan fingerprint density at radius 1 is 1.30 bits per heavy atom. The summed E-state index contributed by atoms with van der Waals surface area (Å²) in [6.45, 7) is 0.0693. The number of nitrogens with one attached hydrogen (secondary N) is 2. The number of nitriles is 1. The molecular weight excluding hydrogens is 384 g/mol. The largest absolute Gasteiger partial charge is 0.491 e. The molecule has 1 aromatic carbocycles. The number of nitrogens with zero attached hydrogens (tertiary/aromatic N) is 2. The van der Waals surface area contributed by atoms with Gasteiger partial charge in [-0.05, 0) is 31.0 Å². The summed E-state index contributed by atoms with van der Waals surface area (Å²) in [4.78, 5) is 16.5. The fourth-order valence-electron chi connectivity index (χ4n) is 3.47. The van der Waals surface area contributed by atoms with Crippen LogP contribution >= 0.6 is 0 Å². The number of carbonyl (C=O) groups is 1. The molecule has 7 N–H and O–H groups in total. The zero-order valence-corrected chi connectivity index (χ0v) is 16.6. The Balaban J connectivity index is 1.92. The summed E-state index contributed by atoms with van der Waals surface area (Å²) < 4.78 is 5.41. The van der Waals surface area contributed by atoms with Crippen molar-refractivity contribution in [1.82, 2.24) is 4.98 Å². The van der Waals surface area contributed by atoms with Gasteiger partial charge in [0.2, 0.25) is 0 Å². The molecule has 1 heterocycles. The van der Waals surface area contributed by atoms with Crippen molar-refractivity contribution in [2.45, 2.75) is 37.8 Å². The van der Waals surface area contributed by atoms with Crippen LogP contribution < -0.4 is 26.8 Å². The van der Waals surface area contributed by atoms with Crippen molar-refractivity contribution in [3.63, 3.8) is 0 Å². The van der Waals surface area contributed by atoms with E-state index in [1.807, 2.05) is 0 Å². The number of aliphatic hydroxyl groups excluding tert-OH is 1. The first-order chi connectivity index (χ1) is 14.5. The molecule has 3 rings (SSSR count). The number of rotatable bonds is 8.